The van der Waals surface area contributed by atoms with Crippen molar-refractivity contribution in [3.05, 3.63) is 167 Å². The second-order valence-electron chi connectivity index (χ2n) is 15.5. The number of anilines is 3. The summed E-state index contributed by atoms with van der Waals surface area (Å²) in [6.45, 7) is 4.12. The van der Waals surface area contributed by atoms with Gasteiger partial charge in [0.15, 0.2) is 17.1 Å². The molecule has 8 aromatic rings. The third-order valence-electron chi connectivity index (χ3n) is 10.4. The van der Waals surface area contributed by atoms with Crippen LogP contribution >= 0.6 is 0 Å². The minimum absolute atomic E-state index is 0.0229. The van der Waals surface area contributed by atoms with E-state index in [2.05, 4.69) is 35.9 Å². The first-order chi connectivity index (χ1) is 33.2. The highest BCUT2D eigenvalue weighted by atomic mass is 19.4. The normalized spacial score (nSPS) is 11.6. The summed E-state index contributed by atoms with van der Waals surface area (Å²) in [4.78, 5) is 20.2. The first kappa shape index (κ1) is 52.2. The molecule has 0 aliphatic rings. The monoisotopic (exact) mass is 1000 g/mol. The van der Waals surface area contributed by atoms with Gasteiger partial charge < -0.3 is 16.4 Å². The Morgan fingerprint density at radius 3 is 1.37 bits per heavy atom. The highest BCUT2D eigenvalue weighted by Gasteiger charge is 2.37. The molecule has 0 unspecified atom stereocenters. The van der Waals surface area contributed by atoms with Crippen LogP contribution in [0.3, 0.4) is 0 Å². The molecule has 5 aromatic heterocycles. The third kappa shape index (κ3) is 12.7. The van der Waals surface area contributed by atoms with Gasteiger partial charge >= 0.3 is 18.5 Å². The van der Waals surface area contributed by atoms with Gasteiger partial charge in [-0.25, -0.2) is 13.2 Å². The van der Waals surface area contributed by atoms with Crippen molar-refractivity contribution in [1.82, 2.24) is 39.3 Å². The van der Waals surface area contributed by atoms with Crippen LogP contribution in [0.1, 0.15) is 44.1 Å². The Hall–Kier alpha value is -8.18. The second-order valence-corrected chi connectivity index (χ2v) is 15.5. The predicted molar refractivity (Wildman–Crippen MR) is 238 cm³/mol. The van der Waals surface area contributed by atoms with E-state index < -0.39 is 59.0 Å². The third-order valence-corrected chi connectivity index (χ3v) is 10.4. The first-order valence-electron chi connectivity index (χ1n) is 20.6. The van der Waals surface area contributed by atoms with Gasteiger partial charge in [-0.1, -0.05) is 0 Å². The largest absolute Gasteiger partial charge is 0.435 e. The van der Waals surface area contributed by atoms with Gasteiger partial charge in [0.25, 0.3) is 5.91 Å². The number of hydrogen-bond donors (Lipinski definition) is 3. The van der Waals surface area contributed by atoms with E-state index in [1.54, 1.807) is 25.4 Å². The molecule has 0 aliphatic carbocycles. The number of aryl methyl sites for hydroxylation is 5. The summed E-state index contributed by atoms with van der Waals surface area (Å²) < 4.78 is 160. The van der Waals surface area contributed by atoms with E-state index in [9.17, 15) is 57.5 Å². The number of nitrogen functional groups attached to an aromatic ring is 1. The molecule has 0 fully saturated rings. The highest BCUT2D eigenvalue weighted by Crippen LogP contribution is 2.36. The van der Waals surface area contributed by atoms with E-state index in [1.807, 2.05) is 13.0 Å². The van der Waals surface area contributed by atoms with E-state index >= 15 is 0 Å². The summed E-state index contributed by atoms with van der Waals surface area (Å²) in [6, 6.07) is 17.7. The number of carbonyl (C=O) groups is 1. The van der Waals surface area contributed by atoms with E-state index in [-0.39, 0.29) is 45.1 Å². The van der Waals surface area contributed by atoms with Gasteiger partial charge in [-0.3, -0.25) is 28.8 Å². The standard InChI is InChI=1S/C18H14F4N4O.C18H16F4N4.C11H9F4N3/c1-10-9-23-6-5-12(10)17(27)24-11-3-4-13(14(19)7-11)15-8-16(18(20,21)22)25-26(15)2;1-11-9-23-6-5-12(11)10-24-13-3-4-14(15(19)7-13)16-8-17(18(20,21)22)25-26(16)2;1-18-9(5-10(17-18)11(13,14)15)7-3-2-6(16)4-8(7)12/h3-9H,1-2H3,(H,24,27);3-9,24H,10H2,1-2H3;2-5H,16H2,1H3. The number of alkyl halides is 9. The van der Waals surface area contributed by atoms with Crippen LogP contribution in [0.4, 0.5) is 69.7 Å². The Balaban J connectivity index is 0.000000178. The molecular weight excluding hydrogens is 963 g/mol. The number of nitrogens with zero attached hydrogens (tertiary/aromatic N) is 8. The summed E-state index contributed by atoms with van der Waals surface area (Å²) in [5, 5.41) is 15.7. The number of benzene rings is 3. The number of amides is 1. The van der Waals surface area contributed by atoms with Crippen LogP contribution in [-0.4, -0.2) is 45.2 Å². The lowest BCUT2D eigenvalue weighted by molar-refractivity contribution is -0.142. The smallest absolute Gasteiger partial charge is 0.399 e. The molecule has 0 atom stereocenters. The number of nitrogens with one attached hydrogen (secondary N) is 2. The number of rotatable bonds is 8. The summed E-state index contributed by atoms with van der Waals surface area (Å²) in [7, 11) is 3.97. The van der Waals surface area contributed by atoms with Crippen molar-refractivity contribution in [3.8, 4) is 33.8 Å². The molecule has 0 bridgehead atoms. The van der Waals surface area contributed by atoms with Crippen LogP contribution in [0.25, 0.3) is 33.8 Å². The van der Waals surface area contributed by atoms with E-state index in [1.165, 1.54) is 76.0 Å². The van der Waals surface area contributed by atoms with Gasteiger partial charge in [-0.2, -0.15) is 54.8 Å². The van der Waals surface area contributed by atoms with E-state index in [0.29, 0.717) is 23.4 Å². The molecule has 372 valence electrons. The summed E-state index contributed by atoms with van der Waals surface area (Å²) in [5.41, 5.74) is 6.23. The second kappa shape index (κ2) is 20.8. The molecule has 0 saturated carbocycles. The minimum atomic E-state index is -4.62. The van der Waals surface area contributed by atoms with Crippen molar-refractivity contribution >= 4 is 23.0 Å². The van der Waals surface area contributed by atoms with Crippen molar-refractivity contribution in [3.63, 3.8) is 0 Å². The molecule has 0 saturated heterocycles. The maximum Gasteiger partial charge on any atom is 0.435 e. The van der Waals surface area contributed by atoms with Gasteiger partial charge in [0.1, 0.15) is 17.5 Å². The van der Waals surface area contributed by atoms with Crippen molar-refractivity contribution in [1.29, 1.82) is 0 Å². The Morgan fingerprint density at radius 1 is 0.549 bits per heavy atom. The molecular formula is C47H39F12N11O. The first-order valence-corrected chi connectivity index (χ1v) is 20.6. The molecule has 1 amide bonds. The lowest BCUT2D eigenvalue weighted by Crippen LogP contribution is -2.13. The molecule has 0 radical (unpaired) electrons. The lowest BCUT2D eigenvalue weighted by Gasteiger charge is -2.10. The van der Waals surface area contributed by atoms with Gasteiger partial charge in [0.2, 0.25) is 0 Å². The summed E-state index contributed by atoms with van der Waals surface area (Å²) in [5.74, 6) is -2.54. The molecule has 24 heteroatoms. The van der Waals surface area contributed by atoms with Crippen LogP contribution in [0.15, 0.2) is 110 Å². The number of aromatic nitrogens is 8. The maximum absolute atomic E-state index is 14.5. The van der Waals surface area contributed by atoms with Crippen LogP contribution in [0.2, 0.25) is 0 Å². The predicted octanol–water partition coefficient (Wildman–Crippen LogP) is 11.6. The molecule has 0 spiro atoms. The van der Waals surface area contributed by atoms with Crippen LogP contribution in [-0.2, 0) is 46.2 Å². The molecule has 5 heterocycles. The molecule has 71 heavy (non-hydrogen) atoms. The molecule has 8 rings (SSSR count). The number of nitrogens with two attached hydrogens (primary N) is 1. The van der Waals surface area contributed by atoms with E-state index in [4.69, 9.17) is 5.73 Å². The number of hydrogen-bond acceptors (Lipinski definition) is 8. The highest BCUT2D eigenvalue weighted by molar-refractivity contribution is 6.05. The Morgan fingerprint density at radius 2 is 0.958 bits per heavy atom. The van der Waals surface area contributed by atoms with Crippen molar-refractivity contribution in [2.45, 2.75) is 38.9 Å². The van der Waals surface area contributed by atoms with Gasteiger partial charge in [0, 0.05) is 91.8 Å². The zero-order valence-corrected chi connectivity index (χ0v) is 37.7. The lowest BCUT2D eigenvalue weighted by atomic mass is 10.1. The Labute approximate surface area is 395 Å². The van der Waals surface area contributed by atoms with Gasteiger partial charge in [-0.05, 0) is 115 Å². The topological polar surface area (TPSA) is 146 Å². The quantitative estimate of drug-likeness (QED) is 0.101. The molecule has 0 aliphatic heterocycles. The average molecular weight is 1000 g/mol. The number of pyridine rings is 2. The fourth-order valence-corrected chi connectivity index (χ4v) is 6.77. The van der Waals surface area contributed by atoms with Crippen LogP contribution < -0.4 is 16.4 Å². The summed E-state index contributed by atoms with van der Waals surface area (Å²) in [6.07, 6.45) is -7.35. The van der Waals surface area contributed by atoms with Crippen LogP contribution in [0, 0.1) is 31.3 Å². The molecule has 4 N–H and O–H groups in total. The number of halogens is 12. The maximum atomic E-state index is 14.5. The van der Waals surface area contributed by atoms with Crippen molar-refractivity contribution < 1.29 is 57.5 Å². The fraction of sp³-hybridized carbons (Fsp3) is 0.191. The zero-order chi connectivity index (χ0) is 52.2. The van der Waals surface area contributed by atoms with E-state index in [0.717, 1.165) is 55.5 Å². The minimum Gasteiger partial charge on any atom is -0.399 e. The van der Waals surface area contributed by atoms with Crippen molar-refractivity contribution in [2.24, 2.45) is 21.1 Å². The van der Waals surface area contributed by atoms with Gasteiger partial charge in [0.05, 0.1) is 17.1 Å². The van der Waals surface area contributed by atoms with Crippen LogP contribution in [0.5, 0.6) is 0 Å². The summed E-state index contributed by atoms with van der Waals surface area (Å²) >= 11 is 0. The Kier molecular flexibility index (Phi) is 15.3. The molecule has 3 aromatic carbocycles. The average Bonchev–Trinajstić information content (AvgIpc) is 4.00. The molecule has 12 nitrogen and oxygen atoms in total. The Bertz CT molecular complexity index is 3190. The SMILES string of the molecule is Cc1cnccc1C(=O)Nc1ccc(-c2cc(C(F)(F)F)nn2C)c(F)c1.Cc1cnccc1CNc1ccc(-c2cc(C(F)(F)F)nn2C)c(F)c1.Cn1nc(C(F)(F)F)cc1-c1ccc(N)cc1F. The van der Waals surface area contributed by atoms with Crippen molar-refractivity contribution in [2.75, 3.05) is 16.4 Å². The number of carbonyl (C=O) groups excluding carboxylic acids is 1. The fourth-order valence-electron chi connectivity index (χ4n) is 6.77. The zero-order valence-electron chi connectivity index (χ0n) is 37.7. The van der Waals surface area contributed by atoms with Gasteiger partial charge in [-0.15, -0.1) is 0 Å².